The molecule has 6 N–H and O–H groups in total. The maximum absolute atomic E-state index is 14.0. The van der Waals surface area contributed by atoms with Crippen LogP contribution in [0.15, 0.2) is 36.9 Å². The number of hydrogen-bond acceptors (Lipinski definition) is 9. The number of ether oxygens (including phenoxy) is 2. The number of unbranched alkanes of at least 4 members (excludes halogenated alkanes) is 4. The Hall–Kier alpha value is -2.99. The number of aliphatic hydroxyl groups is 3. The topological polar surface area (TPSA) is 175 Å². The van der Waals surface area contributed by atoms with Crippen molar-refractivity contribution in [2.75, 3.05) is 13.1 Å². The number of aromatic hydroxyl groups is 1. The van der Waals surface area contributed by atoms with Gasteiger partial charge in [0.15, 0.2) is 17.5 Å². The summed E-state index contributed by atoms with van der Waals surface area (Å²) in [7, 11) is 0. The van der Waals surface area contributed by atoms with Gasteiger partial charge in [-0.25, -0.2) is 4.79 Å². The molecule has 11 nitrogen and oxygen atoms in total. The van der Waals surface area contributed by atoms with Gasteiger partial charge in [0.1, 0.15) is 11.4 Å². The Labute approximate surface area is 284 Å². The number of alkyl carbamates (subject to hydrolysis) is 1. The molecular formula is C37H56N2O9. The number of carbonyl (C=O) groups is 3. The molecule has 1 aromatic carbocycles. The number of Topliss-reactive ketones (excluding diaryl/α,β-unsaturated/α-hetero) is 1. The second-order valence-corrected chi connectivity index (χ2v) is 15.4. The van der Waals surface area contributed by atoms with Crippen molar-refractivity contribution in [3.63, 3.8) is 0 Å². The fraction of sp³-hybridized carbons (Fsp3) is 0.703. The average Bonchev–Trinajstić information content (AvgIpc) is 3.02. The van der Waals surface area contributed by atoms with Crippen LogP contribution in [0, 0.1) is 16.7 Å². The third-order valence-corrected chi connectivity index (χ3v) is 11.5. The number of aliphatic hydroxyl groups excluding tert-OH is 2. The molecule has 11 heteroatoms. The van der Waals surface area contributed by atoms with Crippen LogP contribution in [0.3, 0.4) is 0 Å². The SMILES string of the molecule is C=C[C@@]1(C)CC(=O)[C@]2(O)[C@@]3(C)[C@@H](O)CCC(C)(C)[C@@H]3[C@H](O)[C@H](OC(=O)NCCCCCCCNC(=O)CCc3ccc(O)cc3)[C@@]2(C)O1. The minimum Gasteiger partial charge on any atom is -0.508 e. The van der Waals surface area contributed by atoms with Gasteiger partial charge in [0.25, 0.3) is 0 Å². The lowest BCUT2D eigenvalue weighted by Crippen LogP contribution is -2.86. The molecule has 268 valence electrons. The molecule has 8 atom stereocenters. The number of benzene rings is 1. The predicted molar refractivity (Wildman–Crippen MR) is 180 cm³/mol. The summed E-state index contributed by atoms with van der Waals surface area (Å²) in [5.74, 6) is -1.13. The van der Waals surface area contributed by atoms with E-state index in [1.165, 1.54) is 13.0 Å². The van der Waals surface area contributed by atoms with Gasteiger partial charge in [-0.1, -0.05) is 58.2 Å². The van der Waals surface area contributed by atoms with Gasteiger partial charge in [-0.15, -0.1) is 6.58 Å². The minimum absolute atomic E-state index is 0.00821. The van der Waals surface area contributed by atoms with Gasteiger partial charge in [0, 0.05) is 37.3 Å². The van der Waals surface area contributed by atoms with E-state index in [1.54, 1.807) is 38.1 Å². The highest BCUT2D eigenvalue weighted by atomic mass is 16.6. The molecule has 48 heavy (non-hydrogen) atoms. The quantitative estimate of drug-likeness (QED) is 0.133. The first kappa shape index (κ1) is 37.8. The van der Waals surface area contributed by atoms with Crippen LogP contribution < -0.4 is 10.6 Å². The molecule has 2 amide bonds. The van der Waals surface area contributed by atoms with Crippen LogP contribution in [0.2, 0.25) is 0 Å². The summed E-state index contributed by atoms with van der Waals surface area (Å²) in [5.41, 5.74) is -6.42. The third kappa shape index (κ3) is 7.02. The van der Waals surface area contributed by atoms with E-state index in [2.05, 4.69) is 17.2 Å². The number of fused-ring (bicyclic) bond motifs is 3. The van der Waals surface area contributed by atoms with Crippen LogP contribution in [-0.4, -0.2) is 86.4 Å². The van der Waals surface area contributed by atoms with Crippen LogP contribution in [0.5, 0.6) is 5.75 Å². The summed E-state index contributed by atoms with van der Waals surface area (Å²) < 4.78 is 12.3. The molecule has 1 aliphatic heterocycles. The standard InChI is InChI=1S/C37H56N2O9/c1-7-34(4)23-27(42)37(46)35(5)26(41)19-20-33(2,3)30(35)29(44)31(36(37,6)48-34)47-32(45)39-22-12-10-8-9-11-21-38-28(43)18-15-24-13-16-25(40)17-14-24/h7,13-14,16-17,26,29-31,40-41,44,46H,1,8-12,15,18-23H2,2-6H3,(H,38,43)(H,39,45)/t26-,29-,30-,31-,34-,35-,36+,37-/m0/s1. The maximum atomic E-state index is 14.0. The third-order valence-electron chi connectivity index (χ3n) is 11.5. The summed E-state index contributed by atoms with van der Waals surface area (Å²) in [4.78, 5) is 39.3. The maximum Gasteiger partial charge on any atom is 0.407 e. The van der Waals surface area contributed by atoms with Crippen molar-refractivity contribution in [1.82, 2.24) is 10.6 Å². The molecule has 0 bridgehead atoms. The molecule has 2 aliphatic carbocycles. The van der Waals surface area contributed by atoms with E-state index in [0.29, 0.717) is 45.2 Å². The smallest absolute Gasteiger partial charge is 0.407 e. The van der Waals surface area contributed by atoms with Crippen LogP contribution in [0.25, 0.3) is 0 Å². The largest absolute Gasteiger partial charge is 0.508 e. The van der Waals surface area contributed by atoms with Gasteiger partial charge >= 0.3 is 6.09 Å². The van der Waals surface area contributed by atoms with E-state index >= 15 is 0 Å². The van der Waals surface area contributed by atoms with Crippen LogP contribution in [0.4, 0.5) is 4.79 Å². The zero-order valence-corrected chi connectivity index (χ0v) is 29.2. The molecule has 4 rings (SSSR count). The van der Waals surface area contributed by atoms with Gasteiger partial charge in [0.2, 0.25) is 5.91 Å². The molecule has 3 aliphatic rings. The summed E-state index contributed by atoms with van der Waals surface area (Å²) >= 11 is 0. The molecule has 0 spiro atoms. The fourth-order valence-electron chi connectivity index (χ4n) is 8.84. The van der Waals surface area contributed by atoms with E-state index in [1.807, 2.05) is 13.8 Å². The number of amides is 2. The molecule has 2 saturated carbocycles. The molecule has 1 aromatic rings. The number of aryl methyl sites for hydroxylation is 1. The number of carbonyl (C=O) groups excluding carboxylic acids is 3. The van der Waals surface area contributed by atoms with Crippen LogP contribution >= 0.6 is 0 Å². The number of phenolic OH excluding ortho intramolecular Hbond substituents is 1. The summed E-state index contributed by atoms with van der Waals surface area (Å²) in [6, 6.07) is 6.83. The molecule has 3 fully saturated rings. The first-order valence-electron chi connectivity index (χ1n) is 17.4. The van der Waals surface area contributed by atoms with Crippen molar-refractivity contribution in [2.45, 2.75) is 134 Å². The Balaban J connectivity index is 1.28. The fourth-order valence-corrected chi connectivity index (χ4v) is 8.84. The number of hydrogen-bond donors (Lipinski definition) is 6. The lowest BCUT2D eigenvalue weighted by Gasteiger charge is -2.71. The summed E-state index contributed by atoms with van der Waals surface area (Å²) in [6.07, 6.45) is 2.74. The zero-order chi connectivity index (χ0) is 35.5. The van der Waals surface area contributed by atoms with E-state index in [9.17, 15) is 34.8 Å². The van der Waals surface area contributed by atoms with Gasteiger partial charge in [-0.05, 0) is 69.1 Å². The van der Waals surface area contributed by atoms with E-state index in [-0.39, 0.29) is 18.1 Å². The normalized spacial score (nSPS) is 35.5. The van der Waals surface area contributed by atoms with Gasteiger partial charge in [0.05, 0.1) is 17.8 Å². The van der Waals surface area contributed by atoms with Crippen molar-refractivity contribution < 1.29 is 44.3 Å². The highest BCUT2D eigenvalue weighted by molar-refractivity contribution is 5.92. The lowest BCUT2D eigenvalue weighted by atomic mass is 9.40. The van der Waals surface area contributed by atoms with Gasteiger partial charge in [-0.2, -0.15) is 0 Å². The molecule has 0 aromatic heterocycles. The van der Waals surface area contributed by atoms with Crippen molar-refractivity contribution in [3.8, 4) is 5.75 Å². The Morgan fingerprint density at radius 3 is 2.23 bits per heavy atom. The van der Waals surface area contributed by atoms with Crippen molar-refractivity contribution in [3.05, 3.63) is 42.5 Å². The monoisotopic (exact) mass is 672 g/mol. The van der Waals surface area contributed by atoms with E-state index in [4.69, 9.17) is 9.47 Å². The number of ketones is 1. The van der Waals surface area contributed by atoms with Crippen molar-refractivity contribution in [1.29, 1.82) is 0 Å². The molecule has 0 unspecified atom stereocenters. The molecular weight excluding hydrogens is 616 g/mol. The average molecular weight is 673 g/mol. The van der Waals surface area contributed by atoms with Gasteiger partial charge < -0.3 is 40.5 Å². The second kappa shape index (κ2) is 14.5. The van der Waals surface area contributed by atoms with Crippen LogP contribution in [0.1, 0.15) is 98.0 Å². The molecule has 0 radical (unpaired) electrons. The minimum atomic E-state index is -2.26. The highest BCUT2D eigenvalue weighted by Crippen LogP contribution is 2.67. The Kier molecular flexibility index (Phi) is 11.4. The van der Waals surface area contributed by atoms with E-state index < -0.39 is 63.7 Å². The number of nitrogens with one attached hydrogen (secondary N) is 2. The van der Waals surface area contributed by atoms with Crippen molar-refractivity contribution >= 4 is 17.8 Å². The first-order chi connectivity index (χ1) is 22.4. The van der Waals surface area contributed by atoms with Crippen LogP contribution in [-0.2, 0) is 25.5 Å². The predicted octanol–water partition coefficient (Wildman–Crippen LogP) is 4.09. The Morgan fingerprint density at radius 2 is 1.60 bits per heavy atom. The first-order valence-corrected chi connectivity index (χ1v) is 17.4. The number of phenols is 1. The molecule has 1 heterocycles. The second-order valence-electron chi connectivity index (χ2n) is 15.4. The lowest BCUT2D eigenvalue weighted by molar-refractivity contribution is -0.369. The summed E-state index contributed by atoms with van der Waals surface area (Å²) in [6.45, 7) is 13.4. The Bertz CT molecular complexity index is 1330. The number of rotatable bonds is 13. The Morgan fingerprint density at radius 1 is 1.00 bits per heavy atom. The van der Waals surface area contributed by atoms with Crippen molar-refractivity contribution in [2.24, 2.45) is 16.7 Å². The highest BCUT2D eigenvalue weighted by Gasteiger charge is 2.81. The molecule has 1 saturated heterocycles. The van der Waals surface area contributed by atoms with E-state index in [0.717, 1.165) is 31.2 Å². The zero-order valence-electron chi connectivity index (χ0n) is 29.2. The summed E-state index contributed by atoms with van der Waals surface area (Å²) in [5, 5.41) is 50.9. The van der Waals surface area contributed by atoms with Gasteiger partial charge in [-0.3, -0.25) is 9.59 Å².